The molecule has 29 heavy (non-hydrogen) atoms. The summed E-state index contributed by atoms with van der Waals surface area (Å²) in [4.78, 5) is 29.7. The first-order chi connectivity index (χ1) is 13.9. The maximum Gasteiger partial charge on any atom is 0.255 e. The number of benzene rings is 1. The molecule has 1 aliphatic heterocycles. The molecule has 0 saturated carbocycles. The van der Waals surface area contributed by atoms with Gasteiger partial charge in [-0.15, -0.1) is 0 Å². The second kappa shape index (κ2) is 7.08. The Labute approximate surface area is 166 Å². The van der Waals surface area contributed by atoms with Crippen LogP contribution in [-0.4, -0.2) is 33.0 Å². The van der Waals surface area contributed by atoms with Gasteiger partial charge in [0.25, 0.3) is 5.91 Å². The zero-order valence-electron chi connectivity index (χ0n) is 16.2. The van der Waals surface area contributed by atoms with Crippen LogP contribution in [0.2, 0.25) is 0 Å². The first-order valence-electron chi connectivity index (χ1n) is 8.98. The van der Waals surface area contributed by atoms with Gasteiger partial charge >= 0.3 is 0 Å². The van der Waals surface area contributed by atoms with Crippen molar-refractivity contribution in [3.63, 3.8) is 0 Å². The number of nitrogen functional groups attached to an aromatic ring is 1. The fraction of sp³-hybridized carbons (Fsp3) is 0.250. The average Bonchev–Trinajstić information content (AvgIpc) is 2.67. The van der Waals surface area contributed by atoms with Crippen LogP contribution in [-0.2, 0) is 6.42 Å². The number of hydrogen-bond donors (Lipinski definition) is 2. The Kier molecular flexibility index (Phi) is 4.57. The van der Waals surface area contributed by atoms with Crippen molar-refractivity contribution in [1.82, 2.24) is 25.3 Å². The van der Waals surface area contributed by atoms with E-state index in [9.17, 15) is 9.18 Å². The molecule has 2 aromatic heterocycles. The molecule has 0 fully saturated rings. The van der Waals surface area contributed by atoms with Crippen LogP contribution in [0.3, 0.4) is 0 Å². The van der Waals surface area contributed by atoms with Gasteiger partial charge in [0, 0.05) is 23.7 Å². The van der Waals surface area contributed by atoms with E-state index in [1.807, 2.05) is 6.92 Å². The van der Waals surface area contributed by atoms with E-state index in [0.717, 1.165) is 5.56 Å². The van der Waals surface area contributed by atoms with E-state index >= 15 is 0 Å². The molecule has 1 aliphatic rings. The highest BCUT2D eigenvalue weighted by molar-refractivity contribution is 5.98. The van der Waals surface area contributed by atoms with Crippen LogP contribution in [0.5, 0.6) is 5.88 Å². The molecule has 1 amide bonds. The highest BCUT2D eigenvalue weighted by Gasteiger charge is 2.31. The zero-order valence-corrected chi connectivity index (χ0v) is 16.2. The predicted octanol–water partition coefficient (Wildman–Crippen LogP) is 2.31. The van der Waals surface area contributed by atoms with Crippen LogP contribution in [0, 0.1) is 19.7 Å². The first-order valence-corrected chi connectivity index (χ1v) is 8.98. The predicted molar refractivity (Wildman–Crippen MR) is 104 cm³/mol. The number of anilines is 1. The van der Waals surface area contributed by atoms with E-state index in [0.29, 0.717) is 46.2 Å². The molecule has 3 heterocycles. The smallest absolute Gasteiger partial charge is 0.255 e. The van der Waals surface area contributed by atoms with Gasteiger partial charge in [0.05, 0.1) is 30.1 Å². The number of methoxy groups -OCH3 is 1. The minimum atomic E-state index is -0.449. The number of amides is 1. The van der Waals surface area contributed by atoms with Crippen molar-refractivity contribution in [3.8, 4) is 17.3 Å². The van der Waals surface area contributed by atoms with E-state index in [1.54, 1.807) is 19.2 Å². The van der Waals surface area contributed by atoms with Gasteiger partial charge in [-0.1, -0.05) is 6.07 Å². The monoisotopic (exact) mass is 394 g/mol. The maximum absolute atomic E-state index is 14.1. The van der Waals surface area contributed by atoms with Crippen LogP contribution in [0.1, 0.15) is 38.9 Å². The third kappa shape index (κ3) is 3.35. The van der Waals surface area contributed by atoms with Gasteiger partial charge < -0.3 is 15.8 Å². The number of aryl methyl sites for hydroxylation is 2. The van der Waals surface area contributed by atoms with Crippen LogP contribution in [0.4, 0.5) is 10.3 Å². The second-order valence-corrected chi connectivity index (χ2v) is 6.84. The molecule has 0 bridgehead atoms. The Morgan fingerprint density at radius 1 is 1.24 bits per heavy atom. The fourth-order valence-electron chi connectivity index (χ4n) is 3.55. The molecule has 0 unspecified atom stereocenters. The normalized spacial score (nSPS) is 15.6. The minimum absolute atomic E-state index is 0.112. The maximum atomic E-state index is 14.1. The Morgan fingerprint density at radius 2 is 2.03 bits per heavy atom. The lowest BCUT2D eigenvalue weighted by Gasteiger charge is -2.27. The van der Waals surface area contributed by atoms with Gasteiger partial charge in [0.15, 0.2) is 5.82 Å². The van der Waals surface area contributed by atoms with Crippen molar-refractivity contribution in [2.24, 2.45) is 0 Å². The average molecular weight is 394 g/mol. The number of fused-ring (bicyclic) bond motifs is 1. The highest BCUT2D eigenvalue weighted by Crippen LogP contribution is 2.33. The molecule has 148 valence electrons. The summed E-state index contributed by atoms with van der Waals surface area (Å²) in [5.41, 5.74) is 9.17. The molecular weight excluding hydrogens is 375 g/mol. The summed E-state index contributed by atoms with van der Waals surface area (Å²) in [6.45, 7) is 3.53. The SMILES string of the molecule is COc1nc(-c2cc(F)ccc2[C@H]2Cc3nc(N)nc(C)c3C(=O)N2)ncc1C. The van der Waals surface area contributed by atoms with E-state index in [-0.39, 0.29) is 11.9 Å². The van der Waals surface area contributed by atoms with E-state index in [2.05, 4.69) is 25.3 Å². The lowest BCUT2D eigenvalue weighted by molar-refractivity contribution is 0.0922. The van der Waals surface area contributed by atoms with Gasteiger partial charge in [-0.2, -0.15) is 4.98 Å². The summed E-state index contributed by atoms with van der Waals surface area (Å²) < 4.78 is 19.3. The highest BCUT2D eigenvalue weighted by atomic mass is 19.1. The summed E-state index contributed by atoms with van der Waals surface area (Å²) in [7, 11) is 1.51. The van der Waals surface area contributed by atoms with Gasteiger partial charge in [-0.3, -0.25) is 4.79 Å². The number of aromatic nitrogens is 4. The molecule has 0 spiro atoms. The summed E-state index contributed by atoms with van der Waals surface area (Å²) >= 11 is 0. The minimum Gasteiger partial charge on any atom is -0.481 e. The number of carbonyl (C=O) groups is 1. The topological polar surface area (TPSA) is 116 Å². The fourth-order valence-corrected chi connectivity index (χ4v) is 3.55. The lowest BCUT2D eigenvalue weighted by Crippen LogP contribution is -2.37. The number of ether oxygens (including phenoxy) is 1. The quantitative estimate of drug-likeness (QED) is 0.700. The number of nitrogens with one attached hydrogen (secondary N) is 1. The molecule has 3 aromatic rings. The molecule has 0 aliphatic carbocycles. The number of nitrogens with two attached hydrogens (primary N) is 1. The van der Waals surface area contributed by atoms with Crippen molar-refractivity contribution in [2.75, 3.05) is 12.8 Å². The van der Waals surface area contributed by atoms with Crippen LogP contribution >= 0.6 is 0 Å². The van der Waals surface area contributed by atoms with Gasteiger partial charge in [0.2, 0.25) is 11.8 Å². The molecule has 0 radical (unpaired) electrons. The zero-order chi connectivity index (χ0) is 20.7. The van der Waals surface area contributed by atoms with Gasteiger partial charge in [-0.25, -0.2) is 19.3 Å². The van der Waals surface area contributed by atoms with Crippen molar-refractivity contribution < 1.29 is 13.9 Å². The molecule has 0 saturated heterocycles. The van der Waals surface area contributed by atoms with Crippen LogP contribution in [0.25, 0.3) is 11.4 Å². The van der Waals surface area contributed by atoms with E-state index in [4.69, 9.17) is 10.5 Å². The summed E-state index contributed by atoms with van der Waals surface area (Å²) in [5.74, 6) is 0.0867. The molecule has 1 aromatic carbocycles. The number of hydrogen-bond acceptors (Lipinski definition) is 7. The van der Waals surface area contributed by atoms with Gasteiger partial charge in [-0.05, 0) is 31.5 Å². The molecule has 1 atom stereocenters. The third-order valence-electron chi connectivity index (χ3n) is 4.86. The second-order valence-electron chi connectivity index (χ2n) is 6.84. The Bertz CT molecular complexity index is 1130. The molecule has 4 rings (SSSR count). The van der Waals surface area contributed by atoms with Crippen LogP contribution in [0.15, 0.2) is 24.4 Å². The number of carbonyl (C=O) groups excluding carboxylic acids is 1. The summed E-state index contributed by atoms with van der Waals surface area (Å²) in [5, 5.41) is 2.95. The Hall–Kier alpha value is -3.62. The molecular formula is C20H19FN6O2. The Balaban J connectivity index is 1.82. The third-order valence-corrected chi connectivity index (χ3v) is 4.86. The van der Waals surface area contributed by atoms with Gasteiger partial charge in [0.1, 0.15) is 5.82 Å². The standard InChI is InChI=1S/C20H19FN6O2/c1-9-8-23-17(27-19(9)29-3)13-6-11(21)4-5-12(13)14-7-15-16(18(28)25-14)10(2)24-20(22)26-15/h4-6,8,14H,7H2,1-3H3,(H,25,28)(H2,22,24,26)/t14-/m1/s1. The number of halogens is 1. The number of rotatable bonds is 3. The summed E-state index contributed by atoms with van der Waals surface area (Å²) in [6.07, 6.45) is 2.00. The van der Waals surface area contributed by atoms with Crippen molar-refractivity contribution >= 4 is 11.9 Å². The molecule has 3 N–H and O–H groups in total. The van der Waals surface area contributed by atoms with Crippen LogP contribution < -0.4 is 15.8 Å². The summed E-state index contributed by atoms with van der Waals surface area (Å²) in [6, 6.07) is 3.86. The van der Waals surface area contributed by atoms with Crippen molar-refractivity contribution in [2.45, 2.75) is 26.3 Å². The number of nitrogens with zero attached hydrogens (tertiary/aromatic N) is 4. The van der Waals surface area contributed by atoms with Crippen molar-refractivity contribution in [1.29, 1.82) is 0 Å². The lowest BCUT2D eigenvalue weighted by atomic mass is 9.91. The Morgan fingerprint density at radius 3 is 2.79 bits per heavy atom. The largest absolute Gasteiger partial charge is 0.481 e. The van der Waals surface area contributed by atoms with Crippen molar-refractivity contribution in [3.05, 3.63) is 58.3 Å². The molecule has 8 nitrogen and oxygen atoms in total. The molecule has 9 heteroatoms. The first kappa shape index (κ1) is 18.7. The van der Waals surface area contributed by atoms with E-state index in [1.165, 1.54) is 19.2 Å². The van der Waals surface area contributed by atoms with E-state index < -0.39 is 11.9 Å².